The molecule has 12 heavy (non-hydrogen) atoms. The minimum Gasteiger partial charge on any atom is -0.298 e. The molecule has 0 spiro atoms. The number of hydrogen-bond acceptors (Lipinski definition) is 2. The van der Waals surface area contributed by atoms with Crippen molar-refractivity contribution in [2.24, 2.45) is 0 Å². The number of rotatable bonds is 3. The van der Waals surface area contributed by atoms with Gasteiger partial charge in [0.2, 0.25) is 0 Å². The van der Waals surface area contributed by atoms with E-state index in [0.29, 0.717) is 0 Å². The van der Waals surface area contributed by atoms with Crippen LogP contribution in [0.25, 0.3) is 0 Å². The molecule has 0 aromatic carbocycles. The molecule has 1 heterocycles. The van der Waals surface area contributed by atoms with Crippen LogP contribution in [0.5, 0.6) is 0 Å². The molecular weight excluding hydrogens is 190 g/mol. The van der Waals surface area contributed by atoms with Gasteiger partial charge in [-0.25, -0.2) is 0 Å². The SMILES string of the molecule is CN(Cc1ccc(Cl)s1)C1CC1. The zero-order chi connectivity index (χ0) is 8.55. The lowest BCUT2D eigenvalue weighted by atomic mass is 10.4. The highest BCUT2D eigenvalue weighted by Crippen LogP contribution is 2.29. The summed E-state index contributed by atoms with van der Waals surface area (Å²) in [4.78, 5) is 3.77. The van der Waals surface area contributed by atoms with E-state index in [9.17, 15) is 0 Å². The largest absolute Gasteiger partial charge is 0.298 e. The van der Waals surface area contributed by atoms with Crippen molar-refractivity contribution >= 4 is 22.9 Å². The first-order valence-electron chi connectivity index (χ1n) is 4.20. The molecule has 1 aromatic heterocycles. The topological polar surface area (TPSA) is 3.24 Å². The highest BCUT2D eigenvalue weighted by atomic mass is 35.5. The predicted octanol–water partition coefficient (Wildman–Crippen LogP) is 3.00. The second-order valence-electron chi connectivity index (χ2n) is 3.35. The molecule has 1 aliphatic carbocycles. The Balaban J connectivity index is 1.93. The standard InChI is InChI=1S/C9H12ClNS/c1-11(7-2-3-7)6-8-4-5-9(10)12-8/h4-5,7H,2-3,6H2,1H3. The van der Waals surface area contributed by atoms with Crippen molar-refractivity contribution in [2.75, 3.05) is 7.05 Å². The molecule has 1 fully saturated rings. The molecular formula is C9H12ClNS. The fourth-order valence-electron chi connectivity index (χ4n) is 1.33. The van der Waals surface area contributed by atoms with Gasteiger partial charge in [-0.15, -0.1) is 11.3 Å². The third kappa shape index (κ3) is 2.00. The van der Waals surface area contributed by atoms with Crippen molar-refractivity contribution in [3.05, 3.63) is 21.3 Å². The average molecular weight is 202 g/mol. The molecule has 0 N–H and O–H groups in total. The van der Waals surface area contributed by atoms with Crippen molar-refractivity contribution in [2.45, 2.75) is 25.4 Å². The minimum absolute atomic E-state index is 0.839. The fraction of sp³-hybridized carbons (Fsp3) is 0.556. The van der Waals surface area contributed by atoms with Gasteiger partial charge in [0.15, 0.2) is 0 Å². The second-order valence-corrected chi connectivity index (χ2v) is 5.15. The van der Waals surface area contributed by atoms with Crippen molar-refractivity contribution < 1.29 is 0 Å². The summed E-state index contributed by atoms with van der Waals surface area (Å²) in [5.41, 5.74) is 0. The van der Waals surface area contributed by atoms with Crippen molar-refractivity contribution in [1.82, 2.24) is 4.90 Å². The Morgan fingerprint density at radius 1 is 1.58 bits per heavy atom. The lowest BCUT2D eigenvalue weighted by Gasteiger charge is -2.13. The maximum Gasteiger partial charge on any atom is 0.0931 e. The number of nitrogens with zero attached hydrogens (tertiary/aromatic N) is 1. The molecule has 0 unspecified atom stereocenters. The summed E-state index contributed by atoms with van der Waals surface area (Å²) < 4.78 is 0.897. The molecule has 1 aliphatic rings. The van der Waals surface area contributed by atoms with Gasteiger partial charge in [0.05, 0.1) is 4.34 Å². The summed E-state index contributed by atoms with van der Waals surface area (Å²) in [7, 11) is 2.19. The second kappa shape index (κ2) is 3.36. The Labute approximate surface area is 82.0 Å². The van der Waals surface area contributed by atoms with Gasteiger partial charge in [-0.05, 0) is 32.0 Å². The van der Waals surface area contributed by atoms with E-state index in [1.54, 1.807) is 11.3 Å². The van der Waals surface area contributed by atoms with E-state index in [1.165, 1.54) is 17.7 Å². The zero-order valence-corrected chi connectivity index (χ0v) is 8.66. The van der Waals surface area contributed by atoms with Gasteiger partial charge in [0.1, 0.15) is 0 Å². The van der Waals surface area contributed by atoms with E-state index in [1.807, 2.05) is 6.07 Å². The first-order chi connectivity index (χ1) is 5.75. The summed E-state index contributed by atoms with van der Waals surface area (Å²) in [6, 6.07) is 4.93. The molecule has 66 valence electrons. The molecule has 1 aromatic rings. The normalized spacial score (nSPS) is 17.2. The van der Waals surface area contributed by atoms with Crippen LogP contribution in [0, 0.1) is 0 Å². The van der Waals surface area contributed by atoms with Gasteiger partial charge in [0, 0.05) is 17.5 Å². The molecule has 2 rings (SSSR count). The maximum absolute atomic E-state index is 5.84. The van der Waals surface area contributed by atoms with Crippen LogP contribution in [0.4, 0.5) is 0 Å². The summed E-state index contributed by atoms with van der Waals surface area (Å²) >= 11 is 7.52. The maximum atomic E-state index is 5.84. The van der Waals surface area contributed by atoms with Gasteiger partial charge in [0.25, 0.3) is 0 Å². The van der Waals surface area contributed by atoms with E-state index in [-0.39, 0.29) is 0 Å². The highest BCUT2D eigenvalue weighted by molar-refractivity contribution is 7.16. The van der Waals surface area contributed by atoms with Gasteiger partial charge in [-0.2, -0.15) is 0 Å². The van der Waals surface area contributed by atoms with E-state index in [4.69, 9.17) is 11.6 Å². The van der Waals surface area contributed by atoms with Crippen LogP contribution in [0.15, 0.2) is 12.1 Å². The quantitative estimate of drug-likeness (QED) is 0.727. The average Bonchev–Trinajstić information content (AvgIpc) is 2.78. The Morgan fingerprint density at radius 3 is 2.83 bits per heavy atom. The summed E-state index contributed by atoms with van der Waals surface area (Å²) in [5, 5.41) is 0. The lowest BCUT2D eigenvalue weighted by Crippen LogP contribution is -2.19. The number of halogens is 1. The van der Waals surface area contributed by atoms with Crippen molar-refractivity contribution in [1.29, 1.82) is 0 Å². The Morgan fingerprint density at radius 2 is 2.33 bits per heavy atom. The van der Waals surface area contributed by atoms with Crippen LogP contribution in [-0.2, 0) is 6.54 Å². The van der Waals surface area contributed by atoms with Gasteiger partial charge < -0.3 is 0 Å². The smallest absolute Gasteiger partial charge is 0.0931 e. The Bertz CT molecular complexity index is 267. The number of thiophene rings is 1. The predicted molar refractivity (Wildman–Crippen MR) is 53.8 cm³/mol. The van der Waals surface area contributed by atoms with E-state index >= 15 is 0 Å². The first-order valence-corrected chi connectivity index (χ1v) is 5.39. The third-order valence-electron chi connectivity index (χ3n) is 2.20. The van der Waals surface area contributed by atoms with Gasteiger partial charge in [-0.1, -0.05) is 11.6 Å². The molecule has 0 bridgehead atoms. The minimum atomic E-state index is 0.839. The van der Waals surface area contributed by atoms with Crippen LogP contribution in [0.2, 0.25) is 4.34 Å². The zero-order valence-electron chi connectivity index (χ0n) is 7.09. The van der Waals surface area contributed by atoms with Crippen LogP contribution in [0.1, 0.15) is 17.7 Å². The molecule has 0 radical (unpaired) electrons. The molecule has 0 atom stereocenters. The fourth-order valence-corrected chi connectivity index (χ4v) is 2.48. The molecule has 1 saturated carbocycles. The van der Waals surface area contributed by atoms with Crippen LogP contribution in [-0.4, -0.2) is 18.0 Å². The molecule has 0 aliphatic heterocycles. The molecule has 3 heteroatoms. The summed E-state index contributed by atoms with van der Waals surface area (Å²) in [5.74, 6) is 0. The third-order valence-corrected chi connectivity index (χ3v) is 3.42. The lowest BCUT2D eigenvalue weighted by molar-refractivity contribution is 0.319. The van der Waals surface area contributed by atoms with E-state index in [2.05, 4.69) is 18.0 Å². The summed E-state index contributed by atoms with van der Waals surface area (Å²) in [6.45, 7) is 1.06. The monoisotopic (exact) mass is 201 g/mol. The van der Waals surface area contributed by atoms with Crippen LogP contribution in [0.3, 0.4) is 0 Å². The first kappa shape index (κ1) is 8.54. The number of hydrogen-bond donors (Lipinski definition) is 0. The highest BCUT2D eigenvalue weighted by Gasteiger charge is 2.25. The van der Waals surface area contributed by atoms with Crippen molar-refractivity contribution in [3.63, 3.8) is 0 Å². The van der Waals surface area contributed by atoms with E-state index in [0.717, 1.165) is 16.9 Å². The van der Waals surface area contributed by atoms with Crippen LogP contribution < -0.4 is 0 Å². The molecule has 0 saturated heterocycles. The molecule has 0 amide bonds. The van der Waals surface area contributed by atoms with E-state index < -0.39 is 0 Å². The van der Waals surface area contributed by atoms with Crippen LogP contribution >= 0.6 is 22.9 Å². The van der Waals surface area contributed by atoms with Gasteiger partial charge in [-0.3, -0.25) is 4.90 Å². The van der Waals surface area contributed by atoms with Crippen molar-refractivity contribution in [3.8, 4) is 0 Å². The van der Waals surface area contributed by atoms with Gasteiger partial charge >= 0.3 is 0 Å². The molecule has 1 nitrogen and oxygen atoms in total. The Hall–Kier alpha value is -0.0500. The summed E-state index contributed by atoms with van der Waals surface area (Å²) in [6.07, 6.45) is 2.74. The Kier molecular flexibility index (Phi) is 2.40.